The fourth-order valence-electron chi connectivity index (χ4n) is 1.09. The predicted molar refractivity (Wildman–Crippen MR) is 53.4 cm³/mol. The number of aromatic nitrogens is 1. The molecule has 0 saturated carbocycles. The molecule has 0 atom stereocenters. The van der Waals surface area contributed by atoms with Crippen molar-refractivity contribution in [1.82, 2.24) is 4.98 Å². The van der Waals surface area contributed by atoms with Crippen molar-refractivity contribution >= 4 is 25.4 Å². The summed E-state index contributed by atoms with van der Waals surface area (Å²) < 4.78 is 61.2. The Bertz CT molecular complexity index is 681. The molecule has 1 rings (SSSR count). The van der Waals surface area contributed by atoms with E-state index in [4.69, 9.17) is 10.7 Å². The fraction of sp³-hybridized carbons (Fsp3) is 0.167. The Labute approximate surface area is 106 Å². The lowest BCUT2D eigenvalue weighted by Crippen LogP contribution is -2.22. The zero-order valence-electron chi connectivity index (χ0n) is 8.39. The maximum absolute atomic E-state index is 12.0. The number of aromatic amines is 1. The van der Waals surface area contributed by atoms with E-state index in [1.165, 1.54) is 0 Å². The molecular formula is C6H2ClF3N2O6S. The molecule has 0 bridgehead atoms. The van der Waals surface area contributed by atoms with Crippen LogP contribution in [0.3, 0.4) is 0 Å². The maximum Gasteiger partial charge on any atom is 0.573 e. The molecule has 0 amide bonds. The Kier molecular flexibility index (Phi) is 3.77. The second kappa shape index (κ2) is 4.70. The number of alkyl halides is 3. The summed E-state index contributed by atoms with van der Waals surface area (Å²) in [5.74, 6) is -1.50. The Balaban J connectivity index is 3.70. The molecule has 0 aliphatic carbocycles. The summed E-state index contributed by atoms with van der Waals surface area (Å²) in [6, 6.07) is 0. The summed E-state index contributed by atoms with van der Waals surface area (Å²) in [7, 11) is -0.181. The fourth-order valence-corrected chi connectivity index (χ4v) is 2.20. The number of H-pyrrole nitrogens is 1. The van der Waals surface area contributed by atoms with Crippen LogP contribution in [0, 0.1) is 10.1 Å². The first-order valence-corrected chi connectivity index (χ1v) is 6.35. The molecule has 0 aliphatic heterocycles. The summed E-state index contributed by atoms with van der Waals surface area (Å²) in [6.45, 7) is 0. The molecule has 0 saturated heterocycles. The maximum atomic E-state index is 12.0. The van der Waals surface area contributed by atoms with Gasteiger partial charge in [-0.15, -0.1) is 13.2 Å². The third-order valence-corrected chi connectivity index (χ3v) is 2.97. The van der Waals surface area contributed by atoms with Gasteiger partial charge in [0.25, 0.3) is 14.6 Å². The molecule has 13 heteroatoms. The van der Waals surface area contributed by atoms with Crippen molar-refractivity contribution in [2.75, 3.05) is 0 Å². The lowest BCUT2D eigenvalue weighted by Gasteiger charge is -2.09. The van der Waals surface area contributed by atoms with Crippen molar-refractivity contribution in [3.05, 3.63) is 26.7 Å². The molecule has 0 aliphatic rings. The van der Waals surface area contributed by atoms with E-state index in [1.54, 1.807) is 4.98 Å². The van der Waals surface area contributed by atoms with Crippen LogP contribution in [0.15, 0.2) is 15.9 Å². The van der Waals surface area contributed by atoms with Crippen LogP contribution in [0.1, 0.15) is 0 Å². The Morgan fingerprint density at radius 2 is 1.95 bits per heavy atom. The van der Waals surface area contributed by atoms with Crippen molar-refractivity contribution in [1.29, 1.82) is 0 Å². The summed E-state index contributed by atoms with van der Waals surface area (Å²) in [6.07, 6.45) is -5.12. The van der Waals surface area contributed by atoms with Crippen molar-refractivity contribution < 1.29 is 31.2 Å². The molecule has 0 aromatic carbocycles. The zero-order chi connectivity index (χ0) is 15.0. The molecule has 106 valence electrons. The first-order chi connectivity index (χ1) is 8.43. The number of nitro groups is 1. The summed E-state index contributed by atoms with van der Waals surface area (Å²) in [5, 5.41) is 10.6. The highest BCUT2D eigenvalue weighted by atomic mass is 35.7. The van der Waals surface area contributed by atoms with Crippen LogP contribution in [0.4, 0.5) is 18.9 Å². The molecule has 1 aromatic rings. The third kappa shape index (κ3) is 3.57. The van der Waals surface area contributed by atoms with E-state index in [0.29, 0.717) is 0 Å². The molecule has 1 heterocycles. The van der Waals surface area contributed by atoms with E-state index >= 15 is 0 Å². The lowest BCUT2D eigenvalue weighted by atomic mass is 10.4. The van der Waals surface area contributed by atoms with Crippen molar-refractivity contribution in [3.63, 3.8) is 0 Å². The van der Waals surface area contributed by atoms with E-state index < -0.39 is 42.2 Å². The average Bonchev–Trinajstić information content (AvgIpc) is 2.15. The van der Waals surface area contributed by atoms with Crippen LogP contribution in [0.25, 0.3) is 0 Å². The number of hydrogen-bond donors (Lipinski definition) is 1. The van der Waals surface area contributed by atoms with Crippen LogP contribution in [-0.2, 0) is 9.05 Å². The highest BCUT2D eigenvalue weighted by Crippen LogP contribution is 2.35. The predicted octanol–water partition coefficient (Wildman–Crippen LogP) is 1.11. The van der Waals surface area contributed by atoms with E-state index in [2.05, 4.69) is 4.74 Å². The smallest absolute Gasteiger partial charge is 0.397 e. The number of nitrogens with one attached hydrogen (secondary N) is 1. The first-order valence-electron chi connectivity index (χ1n) is 4.04. The van der Waals surface area contributed by atoms with Gasteiger partial charge in [-0.2, -0.15) is 0 Å². The van der Waals surface area contributed by atoms with Crippen molar-refractivity contribution in [2.24, 2.45) is 0 Å². The molecule has 0 fully saturated rings. The van der Waals surface area contributed by atoms with Gasteiger partial charge in [-0.05, 0) is 0 Å². The molecule has 0 unspecified atom stereocenters. The quantitative estimate of drug-likeness (QED) is 0.505. The largest absolute Gasteiger partial charge is 0.573 e. The first kappa shape index (κ1) is 15.2. The minimum atomic E-state index is -5.32. The lowest BCUT2D eigenvalue weighted by molar-refractivity contribution is -0.391. The van der Waals surface area contributed by atoms with Crippen molar-refractivity contribution in [3.8, 4) is 5.75 Å². The Hall–Kier alpha value is -1.82. The molecule has 1 aromatic heterocycles. The second-order valence-corrected chi connectivity index (χ2v) is 5.41. The van der Waals surface area contributed by atoms with E-state index in [-0.39, 0.29) is 6.20 Å². The number of nitrogens with zero attached hydrogens (tertiary/aromatic N) is 1. The van der Waals surface area contributed by atoms with E-state index in [1.807, 2.05) is 0 Å². The van der Waals surface area contributed by atoms with Crippen LogP contribution >= 0.6 is 10.7 Å². The van der Waals surface area contributed by atoms with Gasteiger partial charge in [-0.3, -0.25) is 14.9 Å². The second-order valence-electron chi connectivity index (χ2n) is 2.90. The van der Waals surface area contributed by atoms with Crippen LogP contribution < -0.4 is 10.3 Å². The molecule has 0 spiro atoms. The van der Waals surface area contributed by atoms with Gasteiger partial charge in [0.15, 0.2) is 0 Å². The molecular weight excluding hydrogens is 321 g/mol. The normalized spacial score (nSPS) is 12.2. The van der Waals surface area contributed by atoms with Crippen LogP contribution in [0.5, 0.6) is 5.75 Å². The number of ether oxygens (including phenoxy) is 1. The number of halogens is 4. The van der Waals surface area contributed by atoms with Gasteiger partial charge in [0.2, 0.25) is 10.6 Å². The Morgan fingerprint density at radius 3 is 2.32 bits per heavy atom. The van der Waals surface area contributed by atoms with Gasteiger partial charge >= 0.3 is 12.0 Å². The molecule has 1 N–H and O–H groups in total. The van der Waals surface area contributed by atoms with Gasteiger partial charge in [0, 0.05) is 10.7 Å². The van der Waals surface area contributed by atoms with Crippen molar-refractivity contribution in [2.45, 2.75) is 11.3 Å². The molecule has 0 radical (unpaired) electrons. The minimum Gasteiger partial charge on any atom is -0.397 e. The molecule has 19 heavy (non-hydrogen) atoms. The Morgan fingerprint density at radius 1 is 1.42 bits per heavy atom. The number of rotatable bonds is 3. The summed E-state index contributed by atoms with van der Waals surface area (Å²) in [5.41, 5.74) is -3.24. The van der Waals surface area contributed by atoms with Gasteiger partial charge in [-0.1, -0.05) is 0 Å². The summed E-state index contributed by atoms with van der Waals surface area (Å²) >= 11 is 0. The average molecular weight is 323 g/mol. The number of hydrogen-bond acceptors (Lipinski definition) is 6. The highest BCUT2D eigenvalue weighted by molar-refractivity contribution is 8.13. The van der Waals surface area contributed by atoms with Gasteiger partial charge < -0.3 is 9.72 Å². The van der Waals surface area contributed by atoms with Gasteiger partial charge in [0.1, 0.15) is 0 Å². The standard InChI is InChI=1S/C6H2ClF3N2O6S/c7-19(16,17)4-3(12(14)15)2(1-11-5(4)13)18-6(8,9)10/h1H,(H,11,13). The third-order valence-electron chi connectivity index (χ3n) is 1.64. The highest BCUT2D eigenvalue weighted by Gasteiger charge is 2.39. The van der Waals surface area contributed by atoms with Crippen LogP contribution in [0.2, 0.25) is 0 Å². The van der Waals surface area contributed by atoms with E-state index in [0.717, 1.165) is 0 Å². The summed E-state index contributed by atoms with van der Waals surface area (Å²) in [4.78, 5) is 20.1. The van der Waals surface area contributed by atoms with Crippen LogP contribution in [-0.4, -0.2) is 24.7 Å². The number of pyridine rings is 1. The topological polar surface area (TPSA) is 119 Å². The van der Waals surface area contributed by atoms with Gasteiger partial charge in [0.05, 0.1) is 11.1 Å². The molecule has 8 nitrogen and oxygen atoms in total. The van der Waals surface area contributed by atoms with E-state index in [9.17, 15) is 36.5 Å². The monoisotopic (exact) mass is 322 g/mol. The van der Waals surface area contributed by atoms with Gasteiger partial charge in [-0.25, -0.2) is 8.42 Å². The zero-order valence-corrected chi connectivity index (χ0v) is 9.97. The minimum absolute atomic E-state index is 0.208. The SMILES string of the molecule is O=c1[nH]cc(OC(F)(F)F)c([N+](=O)[O-])c1S(=O)(=O)Cl.